The zero-order valence-corrected chi connectivity index (χ0v) is 16.0. The molecule has 7 heteroatoms. The molecule has 1 amide bonds. The smallest absolute Gasteiger partial charge is 0.337 e. The second kappa shape index (κ2) is 7.67. The number of amidine groups is 1. The number of carboxylic acid groups (broad SMARTS) is 1. The highest BCUT2D eigenvalue weighted by Gasteiger charge is 2.30. The molecule has 1 N–H and O–H groups in total. The molecule has 0 spiro atoms. The number of anilines is 1. The Morgan fingerprint density at radius 3 is 2.44 bits per heavy atom. The van der Waals surface area contributed by atoms with Crippen molar-refractivity contribution in [3.8, 4) is 0 Å². The number of carboxylic acids is 1. The third-order valence-electron chi connectivity index (χ3n) is 4.06. The maximum Gasteiger partial charge on any atom is 0.337 e. The van der Waals surface area contributed by atoms with Crippen LogP contribution >= 0.6 is 11.8 Å². The first-order chi connectivity index (χ1) is 12.9. The number of aromatic carboxylic acids is 1. The minimum absolute atomic E-state index is 0.100. The quantitative estimate of drug-likeness (QED) is 0.818. The summed E-state index contributed by atoms with van der Waals surface area (Å²) in [5, 5.41) is 9.74. The molecule has 0 bridgehead atoms. The van der Waals surface area contributed by atoms with Gasteiger partial charge in [0.2, 0.25) is 0 Å². The number of carbonyl (C=O) groups is 2. The van der Waals surface area contributed by atoms with Gasteiger partial charge >= 0.3 is 5.97 Å². The molecule has 1 aliphatic rings. The zero-order chi connectivity index (χ0) is 19.6. The average Bonchev–Trinajstić information content (AvgIpc) is 2.90. The topological polar surface area (TPSA) is 73.2 Å². The summed E-state index contributed by atoms with van der Waals surface area (Å²) < 4.78 is 0. The highest BCUT2D eigenvalue weighted by atomic mass is 32.2. The van der Waals surface area contributed by atoms with Crippen LogP contribution in [-0.2, 0) is 4.79 Å². The monoisotopic (exact) mass is 381 g/mol. The van der Waals surface area contributed by atoms with Crippen LogP contribution in [0.15, 0.2) is 58.4 Å². The second-order valence-electron chi connectivity index (χ2n) is 6.18. The number of thioether (sulfide) groups is 1. The maximum atomic E-state index is 12.5. The maximum absolute atomic E-state index is 12.5. The molecule has 0 unspecified atom stereocenters. The molecule has 0 atom stereocenters. The largest absolute Gasteiger partial charge is 0.478 e. The Balaban J connectivity index is 1.90. The first-order valence-corrected chi connectivity index (χ1v) is 9.04. The molecule has 6 nitrogen and oxygen atoms in total. The Morgan fingerprint density at radius 2 is 1.81 bits per heavy atom. The number of benzene rings is 2. The van der Waals surface area contributed by atoms with Gasteiger partial charge in [-0.3, -0.25) is 9.69 Å². The van der Waals surface area contributed by atoms with Gasteiger partial charge in [0.05, 0.1) is 16.2 Å². The van der Waals surface area contributed by atoms with E-state index in [9.17, 15) is 14.7 Å². The van der Waals surface area contributed by atoms with E-state index in [1.165, 1.54) is 22.7 Å². The van der Waals surface area contributed by atoms with E-state index in [1.54, 1.807) is 25.2 Å². The van der Waals surface area contributed by atoms with Crippen molar-refractivity contribution in [2.45, 2.75) is 0 Å². The molecule has 1 aliphatic heterocycles. The van der Waals surface area contributed by atoms with Crippen molar-refractivity contribution >= 4 is 46.3 Å². The van der Waals surface area contributed by atoms with Crippen LogP contribution in [0.3, 0.4) is 0 Å². The summed E-state index contributed by atoms with van der Waals surface area (Å²) in [6.07, 6.45) is 1.81. The molecule has 0 radical (unpaired) electrons. The third-order valence-corrected chi connectivity index (χ3v) is 5.12. The summed E-state index contributed by atoms with van der Waals surface area (Å²) in [6, 6.07) is 14.3. The highest BCUT2D eigenvalue weighted by Crippen LogP contribution is 2.34. The van der Waals surface area contributed by atoms with Gasteiger partial charge in [-0.25, -0.2) is 9.79 Å². The lowest BCUT2D eigenvalue weighted by Gasteiger charge is -2.11. The molecule has 2 aromatic rings. The molecule has 2 aromatic carbocycles. The minimum atomic E-state index is -1.05. The summed E-state index contributed by atoms with van der Waals surface area (Å²) in [4.78, 5) is 32.3. The Labute approximate surface area is 161 Å². The normalized spacial score (nSPS) is 17.0. The number of aliphatic imine (C=N–C) groups is 1. The van der Waals surface area contributed by atoms with Crippen molar-refractivity contribution in [3.63, 3.8) is 0 Å². The third kappa shape index (κ3) is 4.03. The fraction of sp³-hybridized carbons (Fsp3) is 0.150. The minimum Gasteiger partial charge on any atom is -0.478 e. The Morgan fingerprint density at radius 1 is 1.15 bits per heavy atom. The van der Waals surface area contributed by atoms with Gasteiger partial charge in [-0.15, -0.1) is 0 Å². The molecule has 0 saturated carbocycles. The van der Waals surface area contributed by atoms with E-state index in [0.717, 1.165) is 11.3 Å². The van der Waals surface area contributed by atoms with Gasteiger partial charge in [-0.1, -0.05) is 24.3 Å². The van der Waals surface area contributed by atoms with Crippen molar-refractivity contribution in [2.75, 3.05) is 26.0 Å². The number of rotatable bonds is 4. The predicted octanol–water partition coefficient (Wildman–Crippen LogP) is 3.68. The SMILES string of the molecule is CN1C(=O)/C(=C/c2ccc(N(C)C)cc2)SC1=Nc1ccccc1C(=O)O. The van der Waals surface area contributed by atoms with Crippen molar-refractivity contribution in [1.82, 2.24) is 4.90 Å². The standard InChI is InChI=1S/C20H19N3O3S/c1-22(2)14-10-8-13(9-11-14)12-17-18(24)23(3)20(27-17)21-16-7-5-4-6-15(16)19(25)26/h4-12H,1-3H3,(H,25,26)/b17-12-,21-20?. The number of amides is 1. The van der Waals surface area contributed by atoms with E-state index in [2.05, 4.69) is 4.99 Å². The Bertz CT molecular complexity index is 949. The van der Waals surface area contributed by atoms with Crippen molar-refractivity contribution in [3.05, 3.63) is 64.6 Å². The van der Waals surface area contributed by atoms with Crippen LogP contribution in [0.1, 0.15) is 15.9 Å². The molecule has 1 heterocycles. The lowest BCUT2D eigenvalue weighted by molar-refractivity contribution is -0.121. The molecule has 1 fully saturated rings. The van der Waals surface area contributed by atoms with Crippen LogP contribution < -0.4 is 4.90 Å². The second-order valence-corrected chi connectivity index (χ2v) is 7.19. The van der Waals surface area contributed by atoms with Crippen molar-refractivity contribution in [2.24, 2.45) is 4.99 Å². The first kappa shape index (κ1) is 18.7. The number of para-hydroxylation sites is 1. The number of hydrogen-bond acceptors (Lipinski definition) is 5. The van der Waals surface area contributed by atoms with Gasteiger partial charge in [0.1, 0.15) is 0 Å². The molecule has 3 rings (SSSR count). The van der Waals surface area contributed by atoms with Gasteiger partial charge in [0, 0.05) is 26.8 Å². The van der Waals surface area contributed by atoms with Gasteiger partial charge in [0.15, 0.2) is 5.17 Å². The Hall–Kier alpha value is -3.06. The van der Waals surface area contributed by atoms with Crippen molar-refractivity contribution in [1.29, 1.82) is 0 Å². The van der Waals surface area contributed by atoms with Crippen molar-refractivity contribution < 1.29 is 14.7 Å². The summed E-state index contributed by atoms with van der Waals surface area (Å²) in [5.74, 6) is -1.22. The summed E-state index contributed by atoms with van der Waals surface area (Å²) in [5.41, 5.74) is 2.41. The molecular weight excluding hydrogens is 362 g/mol. The summed E-state index contributed by atoms with van der Waals surface area (Å²) in [6.45, 7) is 0. The van der Waals surface area contributed by atoms with Crippen LogP contribution in [0.25, 0.3) is 6.08 Å². The highest BCUT2D eigenvalue weighted by molar-refractivity contribution is 8.18. The number of nitrogens with zero attached hydrogens (tertiary/aromatic N) is 3. The van der Waals surface area contributed by atoms with Gasteiger partial charge in [-0.05, 0) is 47.7 Å². The zero-order valence-electron chi connectivity index (χ0n) is 15.2. The van der Waals surface area contributed by atoms with E-state index in [-0.39, 0.29) is 11.5 Å². The fourth-order valence-corrected chi connectivity index (χ4v) is 3.51. The molecule has 1 saturated heterocycles. The Kier molecular flexibility index (Phi) is 5.32. The fourth-order valence-electron chi connectivity index (χ4n) is 2.53. The van der Waals surface area contributed by atoms with Crippen LogP contribution in [0, 0.1) is 0 Å². The molecule has 0 aliphatic carbocycles. The number of carbonyl (C=O) groups excluding carboxylic acids is 1. The van der Waals surface area contributed by atoms with E-state index < -0.39 is 5.97 Å². The van der Waals surface area contributed by atoms with E-state index in [1.807, 2.05) is 49.3 Å². The van der Waals surface area contributed by atoms with Gasteiger partial charge in [0.25, 0.3) is 5.91 Å². The average molecular weight is 381 g/mol. The van der Waals surface area contributed by atoms with Crippen LogP contribution in [0.2, 0.25) is 0 Å². The molecule has 0 aromatic heterocycles. The van der Waals surface area contributed by atoms with Crippen LogP contribution in [0.5, 0.6) is 0 Å². The van der Waals surface area contributed by atoms with Gasteiger partial charge in [-0.2, -0.15) is 0 Å². The van der Waals surface area contributed by atoms with E-state index in [0.29, 0.717) is 15.8 Å². The summed E-state index contributed by atoms with van der Waals surface area (Å²) in [7, 11) is 5.57. The van der Waals surface area contributed by atoms with Crippen LogP contribution in [0.4, 0.5) is 11.4 Å². The van der Waals surface area contributed by atoms with E-state index in [4.69, 9.17) is 0 Å². The van der Waals surface area contributed by atoms with Crippen LogP contribution in [-0.4, -0.2) is 48.2 Å². The lowest BCUT2D eigenvalue weighted by atomic mass is 10.2. The summed E-state index contributed by atoms with van der Waals surface area (Å²) >= 11 is 1.23. The molecule has 27 heavy (non-hydrogen) atoms. The predicted molar refractivity (Wildman–Crippen MR) is 110 cm³/mol. The van der Waals surface area contributed by atoms with E-state index >= 15 is 0 Å². The molecular formula is C20H19N3O3S. The number of likely N-dealkylation sites (N-methyl/N-ethyl adjacent to an activating group) is 1. The lowest BCUT2D eigenvalue weighted by Crippen LogP contribution is -2.23. The molecule has 138 valence electrons. The number of hydrogen-bond donors (Lipinski definition) is 1. The first-order valence-electron chi connectivity index (χ1n) is 8.23. The van der Waals surface area contributed by atoms with Gasteiger partial charge < -0.3 is 10.0 Å².